The second kappa shape index (κ2) is 4.28. The van der Waals surface area contributed by atoms with E-state index in [1.54, 1.807) is 0 Å². The van der Waals surface area contributed by atoms with Gasteiger partial charge in [-0.2, -0.15) is 26.3 Å². The van der Waals surface area contributed by atoms with Gasteiger partial charge in [0.25, 0.3) is 0 Å². The molecule has 0 aromatic rings. The fourth-order valence-corrected chi connectivity index (χ4v) is 3.38. The number of alkyl halides is 6. The van der Waals surface area contributed by atoms with Gasteiger partial charge in [-0.05, 0) is 0 Å². The normalized spacial score (nSPS) is 15.3. The molecule has 0 unspecified atom stereocenters. The Morgan fingerprint density at radius 1 is 0.824 bits per heavy atom. The molecule has 104 valence electrons. The standard InChI is InChI=1S/C4H5F6NO4S2/c1-2-11(16(12,13)3(5,6)7)17(14,15)4(8,9)10/h2H2,1H3. The molecule has 0 fully saturated rings. The van der Waals surface area contributed by atoms with E-state index in [0.29, 0.717) is 6.92 Å². The summed E-state index contributed by atoms with van der Waals surface area (Å²) in [7, 11) is -13.2. The third kappa shape index (κ3) is 2.82. The molecule has 0 aliphatic heterocycles. The zero-order chi connectivity index (χ0) is 14.3. The Balaban J connectivity index is 5.90. The van der Waals surface area contributed by atoms with Crippen LogP contribution >= 0.6 is 0 Å². The molecule has 0 aliphatic carbocycles. The summed E-state index contributed by atoms with van der Waals surface area (Å²) in [5, 5.41) is 0. The van der Waals surface area contributed by atoms with Crippen LogP contribution in [0, 0.1) is 0 Å². The molecule has 0 bridgehead atoms. The third-order valence-corrected chi connectivity index (χ3v) is 5.32. The Kier molecular flexibility index (Phi) is 4.13. The molecule has 0 aromatic carbocycles. The van der Waals surface area contributed by atoms with Gasteiger partial charge in [-0.15, -0.1) is 0 Å². The van der Waals surface area contributed by atoms with Gasteiger partial charge in [0, 0.05) is 6.54 Å². The minimum absolute atomic E-state index is 0.520. The van der Waals surface area contributed by atoms with Crippen molar-refractivity contribution in [3.05, 3.63) is 0 Å². The first-order chi connectivity index (χ1) is 7.19. The Hall–Kier alpha value is -0.560. The number of rotatable bonds is 3. The highest BCUT2D eigenvalue weighted by atomic mass is 32.3. The number of hydrogen-bond acceptors (Lipinski definition) is 4. The first-order valence-electron chi connectivity index (χ1n) is 3.60. The Morgan fingerprint density at radius 3 is 1.18 bits per heavy atom. The second-order valence-corrected chi connectivity index (χ2v) is 6.43. The highest BCUT2D eigenvalue weighted by Crippen LogP contribution is 2.34. The fraction of sp³-hybridized carbons (Fsp3) is 1.00. The fourth-order valence-electron chi connectivity index (χ4n) is 0.700. The number of halogens is 6. The van der Waals surface area contributed by atoms with E-state index in [1.165, 1.54) is 0 Å². The van der Waals surface area contributed by atoms with Crippen molar-refractivity contribution < 1.29 is 43.2 Å². The molecule has 0 amide bonds. The lowest BCUT2D eigenvalue weighted by Gasteiger charge is -2.22. The van der Waals surface area contributed by atoms with Crippen molar-refractivity contribution in [2.24, 2.45) is 0 Å². The lowest BCUT2D eigenvalue weighted by atomic mass is 10.8. The molecule has 0 atom stereocenters. The van der Waals surface area contributed by atoms with E-state index in [2.05, 4.69) is 0 Å². The first-order valence-corrected chi connectivity index (χ1v) is 6.48. The van der Waals surface area contributed by atoms with Gasteiger partial charge in [0.15, 0.2) is 0 Å². The van der Waals surface area contributed by atoms with Gasteiger partial charge in [0.1, 0.15) is 0 Å². The lowest BCUT2D eigenvalue weighted by molar-refractivity contribution is -0.0529. The number of hydrogen-bond donors (Lipinski definition) is 0. The molecule has 0 saturated heterocycles. The predicted molar refractivity (Wildman–Crippen MR) is 42.3 cm³/mol. The van der Waals surface area contributed by atoms with E-state index in [-0.39, 0.29) is 0 Å². The summed E-state index contributed by atoms with van der Waals surface area (Å²) < 4.78 is 112. The largest absolute Gasteiger partial charge is 0.512 e. The van der Waals surface area contributed by atoms with Gasteiger partial charge in [-0.1, -0.05) is 10.6 Å². The van der Waals surface area contributed by atoms with Crippen LogP contribution in [-0.2, 0) is 20.0 Å². The van der Waals surface area contributed by atoms with Crippen molar-refractivity contribution in [1.29, 1.82) is 0 Å². The van der Waals surface area contributed by atoms with Crippen LogP contribution in [0.25, 0.3) is 0 Å². The molecule has 0 rings (SSSR count). The number of sulfonamides is 2. The quantitative estimate of drug-likeness (QED) is 0.729. The molecule has 17 heavy (non-hydrogen) atoms. The summed E-state index contributed by atoms with van der Waals surface area (Å²) in [6.07, 6.45) is 0. The summed E-state index contributed by atoms with van der Waals surface area (Å²) in [5.41, 5.74) is -12.3. The lowest BCUT2D eigenvalue weighted by Crippen LogP contribution is -2.48. The maximum absolute atomic E-state index is 11.9. The van der Waals surface area contributed by atoms with Crippen LogP contribution < -0.4 is 0 Å². The summed E-state index contributed by atoms with van der Waals surface area (Å²) >= 11 is 0. The average Bonchev–Trinajstić information content (AvgIpc) is 1.99. The molecule has 0 aliphatic rings. The van der Waals surface area contributed by atoms with Crippen LogP contribution in [0.5, 0.6) is 0 Å². The van der Waals surface area contributed by atoms with Crippen molar-refractivity contribution in [1.82, 2.24) is 3.71 Å². The smallest absolute Gasteiger partial charge is 0.202 e. The molecule has 0 N–H and O–H groups in total. The zero-order valence-corrected chi connectivity index (χ0v) is 9.50. The predicted octanol–water partition coefficient (Wildman–Crippen LogP) is 1.01. The van der Waals surface area contributed by atoms with Crippen molar-refractivity contribution in [2.45, 2.75) is 17.9 Å². The van der Waals surface area contributed by atoms with Crippen molar-refractivity contribution in [3.8, 4) is 0 Å². The second-order valence-electron chi connectivity index (χ2n) is 2.49. The first kappa shape index (κ1) is 16.4. The highest BCUT2D eigenvalue weighted by Gasteiger charge is 2.60. The van der Waals surface area contributed by atoms with Gasteiger partial charge < -0.3 is 0 Å². The van der Waals surface area contributed by atoms with Crippen LogP contribution in [0.3, 0.4) is 0 Å². The molecule has 0 aromatic heterocycles. The maximum Gasteiger partial charge on any atom is 0.512 e. The topological polar surface area (TPSA) is 71.5 Å². The zero-order valence-electron chi connectivity index (χ0n) is 7.87. The highest BCUT2D eigenvalue weighted by molar-refractivity contribution is 8.04. The van der Waals surface area contributed by atoms with E-state index >= 15 is 0 Å². The summed E-state index contributed by atoms with van der Waals surface area (Å²) in [6.45, 7) is -1.00. The van der Waals surface area contributed by atoms with Gasteiger partial charge in [-0.3, -0.25) is 0 Å². The van der Waals surface area contributed by atoms with Crippen LogP contribution in [-0.4, -0.2) is 38.1 Å². The molecule has 5 nitrogen and oxygen atoms in total. The summed E-state index contributed by atoms with van der Waals surface area (Å²) in [5.74, 6) is 0. The maximum atomic E-state index is 11.9. The van der Waals surface area contributed by atoms with E-state index in [0.717, 1.165) is 0 Å². The average molecular weight is 309 g/mol. The van der Waals surface area contributed by atoms with Crippen LogP contribution in [0.4, 0.5) is 26.3 Å². The Labute approximate surface area is 92.1 Å². The van der Waals surface area contributed by atoms with Crippen LogP contribution in [0.2, 0.25) is 0 Å². The Bertz CT molecular complexity index is 429. The van der Waals surface area contributed by atoms with Crippen molar-refractivity contribution in [2.75, 3.05) is 6.54 Å². The molecule has 0 saturated carbocycles. The van der Waals surface area contributed by atoms with E-state index < -0.39 is 41.3 Å². The summed E-state index contributed by atoms with van der Waals surface area (Å²) in [4.78, 5) is 0. The molecule has 13 heteroatoms. The third-order valence-electron chi connectivity index (χ3n) is 1.38. The SMILES string of the molecule is CCN(S(=O)(=O)C(F)(F)F)S(=O)(=O)C(F)(F)F. The molecular weight excluding hydrogens is 304 g/mol. The number of nitrogens with zero attached hydrogens (tertiary/aromatic N) is 1. The van der Waals surface area contributed by atoms with Crippen LogP contribution in [0.1, 0.15) is 6.92 Å². The van der Waals surface area contributed by atoms with E-state index in [4.69, 9.17) is 0 Å². The van der Waals surface area contributed by atoms with Crippen molar-refractivity contribution in [3.63, 3.8) is 0 Å². The Morgan fingerprint density at radius 2 is 1.06 bits per heavy atom. The minimum atomic E-state index is -6.60. The van der Waals surface area contributed by atoms with Gasteiger partial charge in [0.05, 0.1) is 0 Å². The van der Waals surface area contributed by atoms with Crippen molar-refractivity contribution >= 4 is 20.0 Å². The van der Waals surface area contributed by atoms with E-state index in [1.807, 2.05) is 0 Å². The molecule has 0 radical (unpaired) electrons. The van der Waals surface area contributed by atoms with E-state index in [9.17, 15) is 43.2 Å². The minimum Gasteiger partial charge on any atom is -0.202 e. The molecular formula is C4H5F6NO4S2. The molecule has 0 spiro atoms. The van der Waals surface area contributed by atoms with Gasteiger partial charge in [0.2, 0.25) is 0 Å². The van der Waals surface area contributed by atoms with Gasteiger partial charge >= 0.3 is 31.1 Å². The summed E-state index contributed by atoms with van der Waals surface area (Å²) in [6, 6.07) is 0. The van der Waals surface area contributed by atoms with Crippen LogP contribution in [0.15, 0.2) is 0 Å². The molecule has 0 heterocycles. The monoisotopic (exact) mass is 309 g/mol. The van der Waals surface area contributed by atoms with Gasteiger partial charge in [-0.25, -0.2) is 16.8 Å².